The lowest BCUT2D eigenvalue weighted by Crippen LogP contribution is -1.98. The number of fused-ring (bicyclic) bond motifs is 1. The Morgan fingerprint density at radius 1 is 1.10 bits per heavy atom. The van der Waals surface area contributed by atoms with Gasteiger partial charge < -0.3 is 19.0 Å². The molecule has 0 aliphatic carbocycles. The maximum atomic E-state index is 10.5. The lowest BCUT2D eigenvalue weighted by molar-refractivity contribution is -0.107. The van der Waals surface area contributed by atoms with Crippen LogP contribution in [-0.2, 0) is 17.8 Å². The summed E-state index contributed by atoms with van der Waals surface area (Å²) >= 11 is 0. The van der Waals surface area contributed by atoms with Crippen molar-refractivity contribution < 1.29 is 19.0 Å². The molecule has 2 aromatic carbocycles. The van der Waals surface area contributed by atoms with E-state index in [-0.39, 0.29) is 6.79 Å². The summed E-state index contributed by atoms with van der Waals surface area (Å²) in [5.74, 6) is 1.98. The van der Waals surface area contributed by atoms with E-state index in [0.29, 0.717) is 36.7 Å². The van der Waals surface area contributed by atoms with Gasteiger partial charge in [0.2, 0.25) is 12.5 Å². The molecule has 1 aliphatic rings. The molecule has 0 fully saturated rings. The fourth-order valence-corrected chi connectivity index (χ4v) is 2.24. The largest absolute Gasteiger partial charge is 0.485 e. The van der Waals surface area contributed by atoms with Gasteiger partial charge in [-0.05, 0) is 29.7 Å². The Morgan fingerprint density at radius 2 is 1.95 bits per heavy atom. The SMILES string of the molecule is O=CCCc1cc2c(c(OCc3ccccc3)c1)OCO2. The van der Waals surface area contributed by atoms with Crippen LogP contribution in [0.5, 0.6) is 17.2 Å². The van der Waals surface area contributed by atoms with E-state index in [0.717, 1.165) is 17.4 Å². The second kappa shape index (κ2) is 6.31. The molecular weight excluding hydrogens is 268 g/mol. The number of benzene rings is 2. The highest BCUT2D eigenvalue weighted by molar-refractivity contribution is 5.56. The molecule has 0 atom stereocenters. The van der Waals surface area contributed by atoms with Crippen LogP contribution in [-0.4, -0.2) is 13.1 Å². The number of hydrogen-bond donors (Lipinski definition) is 0. The molecule has 0 radical (unpaired) electrons. The highest BCUT2D eigenvalue weighted by atomic mass is 16.7. The summed E-state index contributed by atoms with van der Waals surface area (Å²) in [6.45, 7) is 0.669. The fraction of sp³-hybridized carbons (Fsp3) is 0.235. The van der Waals surface area contributed by atoms with Crippen molar-refractivity contribution in [1.82, 2.24) is 0 Å². The molecule has 0 amide bonds. The third kappa shape index (κ3) is 3.16. The molecule has 0 saturated heterocycles. The van der Waals surface area contributed by atoms with Crippen molar-refractivity contribution in [2.24, 2.45) is 0 Å². The van der Waals surface area contributed by atoms with E-state index in [1.165, 1.54) is 0 Å². The quantitative estimate of drug-likeness (QED) is 0.764. The first-order valence-corrected chi connectivity index (χ1v) is 6.89. The summed E-state index contributed by atoms with van der Waals surface area (Å²) in [4.78, 5) is 10.5. The van der Waals surface area contributed by atoms with E-state index in [2.05, 4.69) is 0 Å². The van der Waals surface area contributed by atoms with Crippen molar-refractivity contribution in [2.45, 2.75) is 19.4 Å². The Bertz CT molecular complexity index is 622. The van der Waals surface area contributed by atoms with Gasteiger partial charge in [-0.25, -0.2) is 0 Å². The molecule has 4 nitrogen and oxygen atoms in total. The molecule has 2 aromatic rings. The van der Waals surface area contributed by atoms with E-state index in [9.17, 15) is 4.79 Å². The van der Waals surface area contributed by atoms with E-state index in [1.54, 1.807) is 0 Å². The third-order valence-corrected chi connectivity index (χ3v) is 3.29. The molecule has 21 heavy (non-hydrogen) atoms. The Balaban J connectivity index is 1.79. The van der Waals surface area contributed by atoms with E-state index >= 15 is 0 Å². The summed E-state index contributed by atoms with van der Waals surface area (Å²) in [5.41, 5.74) is 2.10. The molecule has 0 spiro atoms. The summed E-state index contributed by atoms with van der Waals surface area (Å²) in [6.07, 6.45) is 2.06. The van der Waals surface area contributed by atoms with Crippen LogP contribution in [0.3, 0.4) is 0 Å². The molecule has 4 heteroatoms. The lowest BCUT2D eigenvalue weighted by Gasteiger charge is -2.11. The maximum absolute atomic E-state index is 10.5. The second-order valence-electron chi connectivity index (χ2n) is 4.81. The third-order valence-electron chi connectivity index (χ3n) is 3.29. The first-order valence-electron chi connectivity index (χ1n) is 6.89. The second-order valence-corrected chi connectivity index (χ2v) is 4.81. The highest BCUT2D eigenvalue weighted by Gasteiger charge is 2.20. The predicted octanol–water partition coefficient (Wildman–Crippen LogP) is 3.13. The molecular formula is C17H16O4. The average molecular weight is 284 g/mol. The van der Waals surface area contributed by atoms with Gasteiger partial charge in [0.05, 0.1) is 0 Å². The average Bonchev–Trinajstić information content (AvgIpc) is 3.00. The van der Waals surface area contributed by atoms with Gasteiger partial charge in [0.25, 0.3) is 0 Å². The number of aldehydes is 1. The van der Waals surface area contributed by atoms with Gasteiger partial charge in [0, 0.05) is 6.42 Å². The van der Waals surface area contributed by atoms with E-state index in [4.69, 9.17) is 14.2 Å². The van der Waals surface area contributed by atoms with Crippen LogP contribution in [0.1, 0.15) is 17.5 Å². The van der Waals surface area contributed by atoms with Gasteiger partial charge in [-0.2, -0.15) is 0 Å². The normalized spacial score (nSPS) is 12.2. The smallest absolute Gasteiger partial charge is 0.231 e. The zero-order valence-electron chi connectivity index (χ0n) is 11.6. The molecule has 108 valence electrons. The summed E-state index contributed by atoms with van der Waals surface area (Å²) in [5, 5.41) is 0. The Morgan fingerprint density at radius 3 is 2.76 bits per heavy atom. The lowest BCUT2D eigenvalue weighted by atomic mass is 10.1. The minimum absolute atomic E-state index is 0.203. The van der Waals surface area contributed by atoms with Crippen LogP contribution >= 0.6 is 0 Å². The summed E-state index contributed by atoms with van der Waals surface area (Å²) in [6, 6.07) is 13.8. The van der Waals surface area contributed by atoms with Crippen molar-refractivity contribution in [3.63, 3.8) is 0 Å². The summed E-state index contributed by atoms with van der Waals surface area (Å²) in [7, 11) is 0. The molecule has 0 unspecified atom stereocenters. The minimum atomic E-state index is 0.203. The molecule has 1 heterocycles. The van der Waals surface area contributed by atoms with Gasteiger partial charge in [-0.15, -0.1) is 0 Å². The van der Waals surface area contributed by atoms with Crippen LogP contribution in [0.4, 0.5) is 0 Å². The van der Waals surface area contributed by atoms with Crippen molar-refractivity contribution in [3.05, 3.63) is 53.6 Å². The number of rotatable bonds is 6. The highest BCUT2D eigenvalue weighted by Crippen LogP contribution is 2.42. The predicted molar refractivity (Wildman–Crippen MR) is 77.7 cm³/mol. The van der Waals surface area contributed by atoms with Crippen LogP contribution < -0.4 is 14.2 Å². The monoisotopic (exact) mass is 284 g/mol. The molecule has 3 rings (SSSR count). The van der Waals surface area contributed by atoms with E-state index in [1.807, 2.05) is 42.5 Å². The van der Waals surface area contributed by atoms with Gasteiger partial charge in [0.15, 0.2) is 11.5 Å². The number of aryl methyl sites for hydroxylation is 1. The Hall–Kier alpha value is -2.49. The zero-order valence-corrected chi connectivity index (χ0v) is 11.6. The molecule has 0 bridgehead atoms. The van der Waals surface area contributed by atoms with Gasteiger partial charge in [-0.1, -0.05) is 30.3 Å². The van der Waals surface area contributed by atoms with Crippen LogP contribution in [0.2, 0.25) is 0 Å². The molecule has 0 saturated carbocycles. The topological polar surface area (TPSA) is 44.8 Å². The molecule has 0 N–H and O–H groups in total. The van der Waals surface area contributed by atoms with Gasteiger partial charge >= 0.3 is 0 Å². The van der Waals surface area contributed by atoms with Crippen LogP contribution in [0.15, 0.2) is 42.5 Å². The van der Waals surface area contributed by atoms with Crippen molar-refractivity contribution in [3.8, 4) is 17.2 Å². The standard InChI is InChI=1S/C17H16O4/c18-8-4-7-14-9-15(17-16(10-14)20-12-21-17)19-11-13-5-2-1-3-6-13/h1-3,5-6,8-10H,4,7,11-12H2. The zero-order chi connectivity index (χ0) is 14.5. The first-order chi connectivity index (χ1) is 10.4. The number of ether oxygens (including phenoxy) is 3. The van der Waals surface area contributed by atoms with Crippen molar-refractivity contribution >= 4 is 6.29 Å². The Labute approximate surface area is 123 Å². The molecule has 0 aromatic heterocycles. The fourth-order valence-electron chi connectivity index (χ4n) is 2.24. The van der Waals surface area contributed by atoms with Gasteiger partial charge in [0.1, 0.15) is 12.9 Å². The molecule has 1 aliphatic heterocycles. The summed E-state index contributed by atoms with van der Waals surface area (Å²) < 4.78 is 16.7. The van der Waals surface area contributed by atoms with Gasteiger partial charge in [-0.3, -0.25) is 0 Å². The van der Waals surface area contributed by atoms with Crippen molar-refractivity contribution in [1.29, 1.82) is 0 Å². The number of carbonyl (C=O) groups is 1. The van der Waals surface area contributed by atoms with Crippen molar-refractivity contribution in [2.75, 3.05) is 6.79 Å². The minimum Gasteiger partial charge on any atom is -0.485 e. The van der Waals surface area contributed by atoms with Crippen LogP contribution in [0.25, 0.3) is 0 Å². The maximum Gasteiger partial charge on any atom is 0.231 e. The number of hydrogen-bond acceptors (Lipinski definition) is 4. The van der Waals surface area contributed by atoms with E-state index < -0.39 is 0 Å². The Kier molecular flexibility index (Phi) is 4.05. The first kappa shape index (κ1) is 13.5. The number of carbonyl (C=O) groups excluding carboxylic acids is 1. The van der Waals surface area contributed by atoms with Crippen LogP contribution in [0, 0.1) is 0 Å².